The zero-order valence-corrected chi connectivity index (χ0v) is 10.3. The van der Waals surface area contributed by atoms with E-state index in [9.17, 15) is 0 Å². The first-order valence-corrected chi connectivity index (χ1v) is 6.28. The number of nitrogens with zero attached hydrogens (tertiary/aromatic N) is 1. The van der Waals surface area contributed by atoms with Gasteiger partial charge in [-0.2, -0.15) is 0 Å². The lowest BCUT2D eigenvalue weighted by Gasteiger charge is -2.30. The van der Waals surface area contributed by atoms with Crippen molar-refractivity contribution in [2.75, 3.05) is 13.6 Å². The summed E-state index contributed by atoms with van der Waals surface area (Å²) in [5, 5.41) is 18.2. The van der Waals surface area contributed by atoms with Crippen molar-refractivity contribution in [1.82, 2.24) is 4.90 Å². The predicted octanol–water partition coefficient (Wildman–Crippen LogP) is 0.598. The third-order valence-corrected chi connectivity index (χ3v) is 3.50. The molecule has 2 N–H and O–H groups in total. The Labute approximate surface area is 103 Å². The van der Waals surface area contributed by atoms with Gasteiger partial charge in [-0.1, -0.05) is 30.7 Å². The van der Waals surface area contributed by atoms with Crippen LogP contribution in [0.3, 0.4) is 0 Å². The van der Waals surface area contributed by atoms with Crippen LogP contribution in [0.2, 0.25) is 0 Å². The van der Waals surface area contributed by atoms with E-state index >= 15 is 0 Å². The maximum Gasteiger partial charge on any atom is 0.488 e. The smallest absolute Gasteiger partial charge is 0.423 e. The fourth-order valence-corrected chi connectivity index (χ4v) is 2.34. The van der Waals surface area contributed by atoms with Crippen LogP contribution in [0.1, 0.15) is 24.8 Å². The van der Waals surface area contributed by atoms with Crippen molar-refractivity contribution in [3.8, 4) is 0 Å². The molecule has 92 valence electrons. The highest BCUT2D eigenvalue weighted by Gasteiger charge is 2.19. The minimum absolute atomic E-state index is 0.569. The highest BCUT2D eigenvalue weighted by atomic mass is 16.4. The molecule has 0 radical (unpaired) electrons. The fraction of sp³-hybridized carbons (Fsp3) is 0.538. The Morgan fingerprint density at radius 1 is 1.35 bits per heavy atom. The van der Waals surface area contributed by atoms with Gasteiger partial charge in [0.15, 0.2) is 0 Å². The van der Waals surface area contributed by atoms with Crippen molar-refractivity contribution >= 4 is 12.6 Å². The Hall–Kier alpha value is -0.835. The second-order valence-corrected chi connectivity index (χ2v) is 5.11. The molecule has 1 aromatic rings. The van der Waals surface area contributed by atoms with Gasteiger partial charge in [0.05, 0.1) is 0 Å². The molecule has 0 heterocycles. The van der Waals surface area contributed by atoms with Gasteiger partial charge in [-0.05, 0) is 36.8 Å². The Bertz CT molecular complexity index is 366. The van der Waals surface area contributed by atoms with Crippen molar-refractivity contribution in [3.63, 3.8) is 0 Å². The highest BCUT2D eigenvalue weighted by molar-refractivity contribution is 6.58. The molecule has 0 atom stereocenters. The summed E-state index contributed by atoms with van der Waals surface area (Å²) in [5.74, 6) is 0.867. The van der Waals surface area contributed by atoms with Crippen LogP contribution in [0.4, 0.5) is 0 Å². The zero-order valence-electron chi connectivity index (χ0n) is 10.3. The molecule has 0 aromatic heterocycles. The van der Waals surface area contributed by atoms with E-state index in [1.165, 1.54) is 19.3 Å². The van der Waals surface area contributed by atoms with Gasteiger partial charge in [-0.3, -0.25) is 0 Å². The molecule has 2 rings (SSSR count). The van der Waals surface area contributed by atoms with Crippen molar-refractivity contribution in [3.05, 3.63) is 29.8 Å². The zero-order chi connectivity index (χ0) is 12.3. The molecule has 1 saturated carbocycles. The SMILES string of the molecule is CN(Cc1cccc(B(O)O)c1)CC1CCC1. The van der Waals surface area contributed by atoms with Crippen molar-refractivity contribution < 1.29 is 10.0 Å². The van der Waals surface area contributed by atoms with E-state index in [1.807, 2.05) is 18.2 Å². The molecule has 0 spiro atoms. The summed E-state index contributed by atoms with van der Waals surface area (Å²) in [6, 6.07) is 7.51. The van der Waals surface area contributed by atoms with Crippen LogP contribution in [0.25, 0.3) is 0 Å². The minimum Gasteiger partial charge on any atom is -0.423 e. The molecule has 0 unspecified atom stereocenters. The van der Waals surface area contributed by atoms with E-state index in [2.05, 4.69) is 11.9 Å². The standard InChI is InChI=1S/C13H20BNO2/c1-15(9-11-4-2-5-11)10-12-6-3-7-13(8-12)14(16)17/h3,6-8,11,16-17H,2,4-5,9-10H2,1H3. The number of rotatable bonds is 5. The minimum atomic E-state index is -1.37. The Morgan fingerprint density at radius 2 is 2.12 bits per heavy atom. The number of hydrogen-bond donors (Lipinski definition) is 2. The topological polar surface area (TPSA) is 43.7 Å². The summed E-state index contributed by atoms with van der Waals surface area (Å²) < 4.78 is 0. The van der Waals surface area contributed by atoms with E-state index in [0.717, 1.165) is 24.6 Å². The lowest BCUT2D eigenvalue weighted by Crippen LogP contribution is -2.32. The molecule has 1 aromatic carbocycles. The van der Waals surface area contributed by atoms with Gasteiger partial charge >= 0.3 is 7.12 Å². The maximum atomic E-state index is 9.12. The average Bonchev–Trinajstić information content (AvgIpc) is 2.24. The maximum absolute atomic E-state index is 9.12. The summed E-state index contributed by atoms with van der Waals surface area (Å²) in [4.78, 5) is 2.31. The summed E-state index contributed by atoms with van der Waals surface area (Å²) in [6.45, 7) is 2.02. The Morgan fingerprint density at radius 3 is 2.71 bits per heavy atom. The third-order valence-electron chi connectivity index (χ3n) is 3.50. The van der Waals surface area contributed by atoms with Gasteiger partial charge in [0.1, 0.15) is 0 Å². The van der Waals surface area contributed by atoms with E-state index in [4.69, 9.17) is 10.0 Å². The van der Waals surface area contributed by atoms with Crippen molar-refractivity contribution in [2.24, 2.45) is 5.92 Å². The first kappa shape index (κ1) is 12.6. The second kappa shape index (κ2) is 5.67. The molecule has 1 fully saturated rings. The quantitative estimate of drug-likeness (QED) is 0.732. The molecule has 0 amide bonds. The molecule has 4 heteroatoms. The first-order valence-electron chi connectivity index (χ1n) is 6.28. The van der Waals surface area contributed by atoms with E-state index in [0.29, 0.717) is 5.46 Å². The number of hydrogen-bond acceptors (Lipinski definition) is 3. The average molecular weight is 233 g/mol. The lowest BCUT2D eigenvalue weighted by atomic mass is 9.79. The molecule has 0 bridgehead atoms. The first-order chi connectivity index (χ1) is 8.15. The normalized spacial score (nSPS) is 16.0. The van der Waals surface area contributed by atoms with Gasteiger partial charge in [-0.15, -0.1) is 0 Å². The third kappa shape index (κ3) is 3.56. The summed E-state index contributed by atoms with van der Waals surface area (Å²) in [5.41, 5.74) is 1.71. The van der Waals surface area contributed by atoms with Crippen LogP contribution < -0.4 is 5.46 Å². The molecule has 1 aliphatic rings. The van der Waals surface area contributed by atoms with Gasteiger partial charge in [0.25, 0.3) is 0 Å². The van der Waals surface area contributed by atoms with Gasteiger partial charge < -0.3 is 14.9 Å². The second-order valence-electron chi connectivity index (χ2n) is 5.11. The molecule has 3 nitrogen and oxygen atoms in total. The molecule has 17 heavy (non-hydrogen) atoms. The van der Waals surface area contributed by atoms with Crippen LogP contribution in [0, 0.1) is 5.92 Å². The largest absolute Gasteiger partial charge is 0.488 e. The molecular weight excluding hydrogens is 213 g/mol. The lowest BCUT2D eigenvalue weighted by molar-refractivity contribution is 0.200. The predicted molar refractivity (Wildman–Crippen MR) is 69.9 cm³/mol. The molecule has 0 saturated heterocycles. The van der Waals surface area contributed by atoms with Crippen LogP contribution in [0.5, 0.6) is 0 Å². The Kier molecular flexibility index (Phi) is 4.21. The monoisotopic (exact) mass is 233 g/mol. The van der Waals surface area contributed by atoms with E-state index in [-0.39, 0.29) is 0 Å². The van der Waals surface area contributed by atoms with Crippen LogP contribution in [-0.4, -0.2) is 35.7 Å². The summed E-state index contributed by atoms with van der Waals surface area (Å²) in [7, 11) is 0.757. The van der Waals surface area contributed by atoms with Crippen LogP contribution in [-0.2, 0) is 6.54 Å². The van der Waals surface area contributed by atoms with Gasteiger partial charge in [-0.25, -0.2) is 0 Å². The van der Waals surface area contributed by atoms with E-state index in [1.54, 1.807) is 6.07 Å². The van der Waals surface area contributed by atoms with Crippen molar-refractivity contribution in [1.29, 1.82) is 0 Å². The highest BCUT2D eigenvalue weighted by Crippen LogP contribution is 2.26. The van der Waals surface area contributed by atoms with Gasteiger partial charge in [0, 0.05) is 13.1 Å². The summed E-state index contributed by atoms with van der Waals surface area (Å²) in [6.07, 6.45) is 4.10. The fourth-order valence-electron chi connectivity index (χ4n) is 2.34. The molecule has 0 aliphatic heterocycles. The van der Waals surface area contributed by atoms with E-state index < -0.39 is 7.12 Å². The summed E-state index contributed by atoms with van der Waals surface area (Å²) >= 11 is 0. The van der Waals surface area contributed by atoms with Gasteiger partial charge in [0.2, 0.25) is 0 Å². The molecular formula is C13H20BNO2. The van der Waals surface area contributed by atoms with Crippen LogP contribution in [0.15, 0.2) is 24.3 Å². The number of benzene rings is 1. The molecule has 1 aliphatic carbocycles. The van der Waals surface area contributed by atoms with Crippen LogP contribution >= 0.6 is 0 Å². The Balaban J connectivity index is 1.90. The van der Waals surface area contributed by atoms with Crippen molar-refractivity contribution in [2.45, 2.75) is 25.8 Å².